The van der Waals surface area contributed by atoms with Crippen LogP contribution in [0.2, 0.25) is 5.02 Å². The van der Waals surface area contributed by atoms with E-state index in [-0.39, 0.29) is 6.04 Å². The lowest BCUT2D eigenvalue weighted by atomic mass is 10.1. The van der Waals surface area contributed by atoms with Gasteiger partial charge in [-0.05, 0) is 65.4 Å². The van der Waals surface area contributed by atoms with Crippen molar-refractivity contribution in [3.8, 4) is 0 Å². The molecule has 0 aliphatic rings. The molecule has 0 radical (unpaired) electrons. The lowest BCUT2D eigenvalue weighted by molar-refractivity contribution is 0.506. The Morgan fingerprint density at radius 3 is 2.47 bits per heavy atom. The first-order chi connectivity index (χ1) is 8.97. The standard InChI is InChI=1S/C14H11ClF2IN/c1-8(9-2-4-11(16)12(17)6-9)19-14-5-3-10(15)7-13(14)18/h2-8,19H,1H3. The minimum atomic E-state index is -0.836. The second kappa shape index (κ2) is 6.05. The average molecular weight is 394 g/mol. The van der Waals surface area contributed by atoms with Gasteiger partial charge in [0.1, 0.15) is 0 Å². The summed E-state index contributed by atoms with van der Waals surface area (Å²) < 4.78 is 27.0. The summed E-state index contributed by atoms with van der Waals surface area (Å²) in [5, 5.41) is 3.91. The van der Waals surface area contributed by atoms with Crippen molar-refractivity contribution in [2.24, 2.45) is 0 Å². The van der Waals surface area contributed by atoms with Crippen molar-refractivity contribution in [2.75, 3.05) is 5.32 Å². The number of benzene rings is 2. The molecule has 0 bridgehead atoms. The molecule has 1 unspecified atom stereocenters. The molecule has 1 nitrogen and oxygen atoms in total. The van der Waals surface area contributed by atoms with Crippen LogP contribution in [0.4, 0.5) is 14.5 Å². The average Bonchev–Trinajstić information content (AvgIpc) is 2.36. The van der Waals surface area contributed by atoms with Crippen molar-refractivity contribution in [1.29, 1.82) is 0 Å². The Balaban J connectivity index is 2.20. The van der Waals surface area contributed by atoms with Crippen molar-refractivity contribution in [2.45, 2.75) is 13.0 Å². The fourth-order valence-electron chi connectivity index (χ4n) is 1.70. The third-order valence-electron chi connectivity index (χ3n) is 2.75. The van der Waals surface area contributed by atoms with Gasteiger partial charge >= 0.3 is 0 Å². The molecule has 1 atom stereocenters. The highest BCUT2D eigenvalue weighted by Gasteiger charge is 2.10. The van der Waals surface area contributed by atoms with E-state index in [9.17, 15) is 8.78 Å². The van der Waals surface area contributed by atoms with Gasteiger partial charge in [0.25, 0.3) is 0 Å². The molecule has 0 amide bonds. The molecule has 19 heavy (non-hydrogen) atoms. The molecular weight excluding hydrogens is 383 g/mol. The van der Waals surface area contributed by atoms with Gasteiger partial charge in [-0.25, -0.2) is 8.78 Å². The Kier molecular flexibility index (Phi) is 4.62. The van der Waals surface area contributed by atoms with Gasteiger partial charge in [-0.1, -0.05) is 17.7 Å². The van der Waals surface area contributed by atoms with E-state index in [1.807, 2.05) is 19.1 Å². The molecular formula is C14H11ClF2IN. The van der Waals surface area contributed by atoms with Gasteiger partial charge in [-0.3, -0.25) is 0 Å². The summed E-state index contributed by atoms with van der Waals surface area (Å²) in [6.45, 7) is 1.89. The van der Waals surface area contributed by atoms with E-state index >= 15 is 0 Å². The number of halogens is 4. The SMILES string of the molecule is CC(Nc1ccc(Cl)cc1I)c1ccc(F)c(F)c1. The van der Waals surface area contributed by atoms with Gasteiger partial charge in [0.05, 0.1) is 0 Å². The Hall–Kier alpha value is -0.880. The molecule has 100 valence electrons. The van der Waals surface area contributed by atoms with Gasteiger partial charge in [-0.15, -0.1) is 0 Å². The fourth-order valence-corrected chi connectivity index (χ4v) is 2.73. The van der Waals surface area contributed by atoms with Crippen LogP contribution < -0.4 is 5.32 Å². The summed E-state index contributed by atoms with van der Waals surface area (Å²) >= 11 is 8.05. The number of hydrogen-bond acceptors (Lipinski definition) is 1. The van der Waals surface area contributed by atoms with Crippen molar-refractivity contribution in [3.05, 3.63) is 62.2 Å². The lowest BCUT2D eigenvalue weighted by Crippen LogP contribution is -2.08. The molecule has 2 aromatic rings. The zero-order valence-electron chi connectivity index (χ0n) is 10.1. The Morgan fingerprint density at radius 1 is 1.11 bits per heavy atom. The van der Waals surface area contributed by atoms with Crippen LogP contribution in [0.15, 0.2) is 36.4 Å². The van der Waals surface area contributed by atoms with Crippen LogP contribution >= 0.6 is 34.2 Å². The predicted molar refractivity (Wildman–Crippen MR) is 82.6 cm³/mol. The van der Waals surface area contributed by atoms with E-state index in [1.165, 1.54) is 6.07 Å². The van der Waals surface area contributed by atoms with Crippen molar-refractivity contribution in [1.82, 2.24) is 0 Å². The monoisotopic (exact) mass is 393 g/mol. The lowest BCUT2D eigenvalue weighted by Gasteiger charge is -2.17. The largest absolute Gasteiger partial charge is 0.378 e. The van der Waals surface area contributed by atoms with Crippen molar-refractivity contribution >= 4 is 39.9 Å². The number of anilines is 1. The highest BCUT2D eigenvalue weighted by atomic mass is 127. The highest BCUT2D eigenvalue weighted by Crippen LogP contribution is 2.26. The molecule has 0 aliphatic heterocycles. The first-order valence-corrected chi connectivity index (χ1v) is 7.09. The van der Waals surface area contributed by atoms with E-state index in [4.69, 9.17) is 11.6 Å². The Labute approximate surface area is 129 Å². The summed E-state index contributed by atoms with van der Waals surface area (Å²) in [4.78, 5) is 0. The molecule has 0 heterocycles. The van der Waals surface area contributed by atoms with Crippen LogP contribution in [0.1, 0.15) is 18.5 Å². The molecule has 2 rings (SSSR count). The fraction of sp³-hybridized carbons (Fsp3) is 0.143. The third-order valence-corrected chi connectivity index (χ3v) is 3.87. The van der Waals surface area contributed by atoms with Gasteiger partial charge in [0.15, 0.2) is 11.6 Å². The molecule has 0 saturated carbocycles. The molecule has 0 spiro atoms. The van der Waals surface area contributed by atoms with Gasteiger partial charge in [0, 0.05) is 20.3 Å². The normalized spacial score (nSPS) is 12.3. The minimum Gasteiger partial charge on any atom is -0.378 e. The quantitative estimate of drug-likeness (QED) is 0.689. The Bertz CT molecular complexity index is 604. The van der Waals surface area contributed by atoms with Crippen LogP contribution in [0.25, 0.3) is 0 Å². The maximum absolute atomic E-state index is 13.2. The van der Waals surface area contributed by atoms with Crippen molar-refractivity contribution < 1.29 is 8.78 Å². The summed E-state index contributed by atoms with van der Waals surface area (Å²) in [6.07, 6.45) is 0. The topological polar surface area (TPSA) is 12.0 Å². The summed E-state index contributed by atoms with van der Waals surface area (Å²) in [5.41, 5.74) is 1.59. The van der Waals surface area contributed by atoms with Crippen LogP contribution in [0, 0.1) is 15.2 Å². The van der Waals surface area contributed by atoms with Gasteiger partial charge in [0.2, 0.25) is 0 Å². The summed E-state index contributed by atoms with van der Waals surface area (Å²) in [5.74, 6) is -1.67. The number of nitrogens with one attached hydrogen (secondary N) is 1. The molecule has 0 aliphatic carbocycles. The van der Waals surface area contributed by atoms with E-state index in [0.29, 0.717) is 10.6 Å². The Morgan fingerprint density at radius 2 is 1.84 bits per heavy atom. The van der Waals surface area contributed by atoms with Crippen LogP contribution in [0.5, 0.6) is 0 Å². The number of hydrogen-bond donors (Lipinski definition) is 1. The molecule has 1 N–H and O–H groups in total. The smallest absolute Gasteiger partial charge is 0.159 e. The molecule has 0 fully saturated rings. The van der Waals surface area contributed by atoms with E-state index < -0.39 is 11.6 Å². The zero-order chi connectivity index (χ0) is 14.0. The first-order valence-electron chi connectivity index (χ1n) is 5.64. The minimum absolute atomic E-state index is 0.134. The van der Waals surface area contributed by atoms with Crippen LogP contribution in [0.3, 0.4) is 0 Å². The van der Waals surface area contributed by atoms with E-state index in [2.05, 4.69) is 27.9 Å². The second-order valence-corrected chi connectivity index (χ2v) is 5.76. The second-order valence-electron chi connectivity index (χ2n) is 4.16. The van der Waals surface area contributed by atoms with Crippen molar-refractivity contribution in [3.63, 3.8) is 0 Å². The summed E-state index contributed by atoms with van der Waals surface area (Å²) in [7, 11) is 0. The molecule has 0 saturated heterocycles. The maximum atomic E-state index is 13.2. The molecule has 5 heteroatoms. The first kappa shape index (κ1) is 14.5. The van der Waals surface area contributed by atoms with Gasteiger partial charge < -0.3 is 5.32 Å². The van der Waals surface area contributed by atoms with Gasteiger partial charge in [-0.2, -0.15) is 0 Å². The zero-order valence-corrected chi connectivity index (χ0v) is 13.0. The van der Waals surface area contributed by atoms with E-state index in [1.54, 1.807) is 12.1 Å². The molecule has 0 aromatic heterocycles. The predicted octanol–water partition coefficient (Wildman–Crippen LogP) is 5.40. The maximum Gasteiger partial charge on any atom is 0.159 e. The number of rotatable bonds is 3. The highest BCUT2D eigenvalue weighted by molar-refractivity contribution is 14.1. The van der Waals surface area contributed by atoms with Crippen LogP contribution in [-0.2, 0) is 0 Å². The molecule has 2 aromatic carbocycles. The summed E-state index contributed by atoms with van der Waals surface area (Å²) in [6, 6.07) is 9.25. The third kappa shape index (κ3) is 3.57. The van der Waals surface area contributed by atoms with E-state index in [0.717, 1.165) is 15.3 Å². The van der Waals surface area contributed by atoms with Crippen LogP contribution in [-0.4, -0.2) is 0 Å².